The Bertz CT molecular complexity index is 555. The second-order valence-electron chi connectivity index (χ2n) is 3.90. The summed E-state index contributed by atoms with van der Waals surface area (Å²) in [5, 5.41) is 7.20. The van der Waals surface area contributed by atoms with Crippen LogP contribution in [-0.2, 0) is 9.59 Å². The molecule has 2 N–H and O–H groups in total. The molecule has 2 aromatic rings. The highest BCUT2D eigenvalue weighted by molar-refractivity contribution is 7.13. The van der Waals surface area contributed by atoms with Crippen molar-refractivity contribution in [1.29, 1.82) is 0 Å². The molecule has 0 radical (unpaired) electrons. The lowest BCUT2D eigenvalue weighted by Crippen LogP contribution is -2.36. The third-order valence-corrected chi connectivity index (χ3v) is 3.19. The number of anilines is 1. The van der Waals surface area contributed by atoms with Crippen molar-refractivity contribution >= 4 is 28.3 Å². The molecule has 1 aromatic heterocycles. The number of rotatable bonds is 3. The van der Waals surface area contributed by atoms with Crippen LogP contribution < -0.4 is 10.6 Å². The van der Waals surface area contributed by atoms with Gasteiger partial charge in [0, 0.05) is 11.6 Å². The van der Waals surface area contributed by atoms with Gasteiger partial charge in [0.05, 0.1) is 6.04 Å². The van der Waals surface area contributed by atoms with Crippen molar-refractivity contribution in [1.82, 2.24) is 10.3 Å². The predicted molar refractivity (Wildman–Crippen MR) is 73.7 cm³/mol. The molecule has 2 rings (SSSR count). The van der Waals surface area contributed by atoms with E-state index >= 15 is 0 Å². The van der Waals surface area contributed by atoms with Gasteiger partial charge in [-0.25, -0.2) is 4.98 Å². The van der Waals surface area contributed by atoms with Crippen molar-refractivity contribution in [3.8, 4) is 0 Å². The van der Waals surface area contributed by atoms with Gasteiger partial charge in [-0.1, -0.05) is 30.3 Å². The van der Waals surface area contributed by atoms with Gasteiger partial charge in [0.15, 0.2) is 5.13 Å². The Kier molecular flexibility index (Phi) is 4.25. The van der Waals surface area contributed by atoms with E-state index < -0.39 is 11.8 Å². The lowest BCUT2D eigenvalue weighted by Gasteiger charge is -2.13. The Morgan fingerprint density at radius 2 is 1.95 bits per heavy atom. The summed E-state index contributed by atoms with van der Waals surface area (Å²) in [5.74, 6) is -1.38. The summed E-state index contributed by atoms with van der Waals surface area (Å²) in [6, 6.07) is 9.22. The van der Waals surface area contributed by atoms with Gasteiger partial charge in [-0.2, -0.15) is 0 Å². The van der Waals surface area contributed by atoms with Crippen LogP contribution in [0.1, 0.15) is 18.5 Å². The van der Waals surface area contributed by atoms with E-state index in [9.17, 15) is 9.59 Å². The molecule has 0 aliphatic rings. The number of carbonyl (C=O) groups excluding carboxylic acids is 2. The molecule has 0 saturated carbocycles. The Labute approximate surface area is 114 Å². The number of hydrogen-bond donors (Lipinski definition) is 2. The quantitative estimate of drug-likeness (QED) is 0.841. The number of amides is 2. The zero-order valence-corrected chi connectivity index (χ0v) is 11.1. The molecular weight excluding hydrogens is 262 g/mol. The third-order valence-electron chi connectivity index (χ3n) is 2.51. The molecule has 19 heavy (non-hydrogen) atoms. The van der Waals surface area contributed by atoms with Crippen molar-refractivity contribution in [2.75, 3.05) is 5.32 Å². The SMILES string of the molecule is C[C@@H](NC(=O)C(=O)Nc1nccs1)c1ccccc1. The first-order chi connectivity index (χ1) is 9.16. The average molecular weight is 275 g/mol. The maximum atomic E-state index is 11.7. The van der Waals surface area contributed by atoms with Crippen LogP contribution in [-0.4, -0.2) is 16.8 Å². The minimum absolute atomic E-state index is 0.226. The van der Waals surface area contributed by atoms with Crippen molar-refractivity contribution in [3.05, 3.63) is 47.5 Å². The number of hydrogen-bond acceptors (Lipinski definition) is 4. The van der Waals surface area contributed by atoms with Gasteiger partial charge < -0.3 is 5.32 Å². The molecule has 2 amide bonds. The van der Waals surface area contributed by atoms with Gasteiger partial charge in [0.25, 0.3) is 0 Å². The summed E-state index contributed by atoms with van der Waals surface area (Å²) < 4.78 is 0. The molecule has 0 aliphatic carbocycles. The first-order valence-corrected chi connectivity index (χ1v) is 6.61. The van der Waals surface area contributed by atoms with E-state index in [1.54, 1.807) is 11.6 Å². The van der Waals surface area contributed by atoms with Gasteiger partial charge >= 0.3 is 11.8 Å². The van der Waals surface area contributed by atoms with Crippen LogP contribution in [0.4, 0.5) is 5.13 Å². The lowest BCUT2D eigenvalue weighted by atomic mass is 10.1. The molecule has 6 heteroatoms. The Hall–Kier alpha value is -2.21. The van der Waals surface area contributed by atoms with E-state index in [0.29, 0.717) is 5.13 Å². The molecule has 1 heterocycles. The first-order valence-electron chi connectivity index (χ1n) is 5.73. The zero-order valence-electron chi connectivity index (χ0n) is 10.3. The van der Waals surface area contributed by atoms with Crippen LogP contribution in [0.3, 0.4) is 0 Å². The number of thiazole rings is 1. The second kappa shape index (κ2) is 6.10. The highest BCUT2D eigenvalue weighted by atomic mass is 32.1. The minimum Gasteiger partial charge on any atom is -0.341 e. The van der Waals surface area contributed by atoms with Crippen molar-refractivity contribution in [2.45, 2.75) is 13.0 Å². The fourth-order valence-electron chi connectivity index (χ4n) is 1.53. The molecular formula is C13H13N3O2S. The minimum atomic E-state index is -0.710. The molecule has 1 atom stereocenters. The van der Waals surface area contributed by atoms with E-state index in [2.05, 4.69) is 15.6 Å². The molecule has 0 spiro atoms. The summed E-state index contributed by atoms with van der Waals surface area (Å²) in [4.78, 5) is 27.2. The van der Waals surface area contributed by atoms with Crippen LogP contribution in [0.2, 0.25) is 0 Å². The third kappa shape index (κ3) is 3.62. The molecule has 0 unspecified atom stereocenters. The summed E-state index contributed by atoms with van der Waals surface area (Å²) >= 11 is 1.26. The van der Waals surface area contributed by atoms with Crippen LogP contribution >= 0.6 is 11.3 Å². The van der Waals surface area contributed by atoms with Gasteiger partial charge in [0.2, 0.25) is 0 Å². The highest BCUT2D eigenvalue weighted by Crippen LogP contribution is 2.12. The van der Waals surface area contributed by atoms with E-state index in [-0.39, 0.29) is 6.04 Å². The lowest BCUT2D eigenvalue weighted by molar-refractivity contribution is -0.136. The number of carbonyl (C=O) groups is 2. The van der Waals surface area contributed by atoms with Crippen LogP contribution in [0.5, 0.6) is 0 Å². The van der Waals surface area contributed by atoms with Crippen molar-refractivity contribution in [2.24, 2.45) is 0 Å². The van der Waals surface area contributed by atoms with E-state index in [1.165, 1.54) is 11.3 Å². The van der Waals surface area contributed by atoms with Crippen LogP contribution in [0.25, 0.3) is 0 Å². The van der Waals surface area contributed by atoms with Gasteiger partial charge in [-0.15, -0.1) is 11.3 Å². The van der Waals surface area contributed by atoms with Crippen LogP contribution in [0.15, 0.2) is 41.9 Å². The van der Waals surface area contributed by atoms with Crippen molar-refractivity contribution < 1.29 is 9.59 Å². The Morgan fingerprint density at radius 3 is 2.58 bits per heavy atom. The molecule has 0 fully saturated rings. The largest absolute Gasteiger partial charge is 0.341 e. The standard InChI is InChI=1S/C13H13N3O2S/c1-9(10-5-3-2-4-6-10)15-11(17)12(18)16-13-14-7-8-19-13/h2-9H,1H3,(H,15,17)(H,14,16,18)/t9-/m1/s1. The number of benzene rings is 1. The van der Waals surface area contributed by atoms with E-state index in [4.69, 9.17) is 0 Å². The van der Waals surface area contributed by atoms with E-state index in [0.717, 1.165) is 5.56 Å². The van der Waals surface area contributed by atoms with Gasteiger partial charge in [-0.05, 0) is 12.5 Å². The fraction of sp³-hybridized carbons (Fsp3) is 0.154. The Morgan fingerprint density at radius 1 is 1.21 bits per heavy atom. The first kappa shape index (κ1) is 13.2. The van der Waals surface area contributed by atoms with Crippen molar-refractivity contribution in [3.63, 3.8) is 0 Å². The maximum Gasteiger partial charge on any atom is 0.315 e. The highest BCUT2D eigenvalue weighted by Gasteiger charge is 2.17. The molecule has 5 nitrogen and oxygen atoms in total. The van der Waals surface area contributed by atoms with E-state index in [1.807, 2.05) is 37.3 Å². The normalized spacial score (nSPS) is 11.6. The average Bonchev–Trinajstić information content (AvgIpc) is 2.92. The second-order valence-corrected chi connectivity index (χ2v) is 4.79. The zero-order chi connectivity index (χ0) is 13.7. The topological polar surface area (TPSA) is 71.1 Å². The fourth-order valence-corrected chi connectivity index (χ4v) is 2.05. The molecule has 0 saturated heterocycles. The summed E-state index contributed by atoms with van der Waals surface area (Å²) in [6.45, 7) is 1.82. The monoisotopic (exact) mass is 275 g/mol. The summed E-state index contributed by atoms with van der Waals surface area (Å²) in [5.41, 5.74) is 0.942. The maximum absolute atomic E-state index is 11.7. The molecule has 1 aromatic carbocycles. The molecule has 0 bridgehead atoms. The number of nitrogens with one attached hydrogen (secondary N) is 2. The Balaban J connectivity index is 1.92. The summed E-state index contributed by atoms with van der Waals surface area (Å²) in [6.07, 6.45) is 1.56. The predicted octanol–water partition coefficient (Wildman–Crippen LogP) is 1.96. The van der Waals surface area contributed by atoms with Gasteiger partial charge in [0.1, 0.15) is 0 Å². The number of nitrogens with zero attached hydrogens (tertiary/aromatic N) is 1. The molecule has 0 aliphatic heterocycles. The van der Waals surface area contributed by atoms with Gasteiger partial charge in [-0.3, -0.25) is 14.9 Å². The summed E-state index contributed by atoms with van der Waals surface area (Å²) in [7, 11) is 0. The van der Waals surface area contributed by atoms with Crippen LogP contribution in [0, 0.1) is 0 Å². The molecule has 98 valence electrons. The number of aromatic nitrogens is 1. The smallest absolute Gasteiger partial charge is 0.315 e.